The van der Waals surface area contributed by atoms with Crippen LogP contribution in [0.1, 0.15) is 34.7 Å². The molecule has 0 radical (unpaired) electrons. The molecule has 15 rings (SSSR count). The van der Waals surface area contributed by atoms with Crippen LogP contribution in [0.15, 0.2) is 277 Å². The minimum atomic E-state index is -5.32. The zero-order valence-corrected chi connectivity index (χ0v) is 78.2. The molecule has 0 spiro atoms. The summed E-state index contributed by atoms with van der Waals surface area (Å²) in [6, 6.07) is 49.5. The van der Waals surface area contributed by atoms with Gasteiger partial charge in [0, 0.05) is 85.0 Å². The summed E-state index contributed by atoms with van der Waals surface area (Å²) in [4.78, 5) is 37.1. The molecule has 0 fully saturated rings. The average Bonchev–Trinajstić information content (AvgIpc) is 1.40. The van der Waals surface area contributed by atoms with Crippen molar-refractivity contribution in [3.05, 3.63) is 257 Å². The van der Waals surface area contributed by atoms with E-state index in [0.717, 1.165) is 91.1 Å². The number of fused-ring (bicyclic) bond motifs is 2. The second-order valence-electron chi connectivity index (χ2n) is 29.5. The van der Waals surface area contributed by atoms with Crippen molar-refractivity contribution in [1.29, 1.82) is 15.9 Å². The number of azo groups is 4. The van der Waals surface area contributed by atoms with E-state index < -0.39 is 142 Å². The Bertz CT molecular complexity index is 8760. The first-order valence-corrected chi connectivity index (χ1v) is 49.9. The second-order valence-corrected chi connectivity index (χ2v) is 39.9. The molecule has 0 atom stereocenters. The first-order chi connectivity index (χ1) is 66.9. The van der Waals surface area contributed by atoms with E-state index in [2.05, 4.69) is 114 Å². The Morgan fingerprint density at radius 3 is 1.27 bits per heavy atom. The third-order valence-electron chi connectivity index (χ3n) is 20.1. The Kier molecular flexibility index (Phi) is 27.8. The Balaban J connectivity index is 0.793. The van der Waals surface area contributed by atoms with Crippen LogP contribution in [0.25, 0.3) is 53.5 Å². The molecular formula is C87H61N25O21S8. The van der Waals surface area contributed by atoms with Gasteiger partial charge in [-0.1, -0.05) is 72.0 Å². The number of thiophene rings is 2. The summed E-state index contributed by atoms with van der Waals surface area (Å²) in [6.45, 7) is 20.6. The van der Waals surface area contributed by atoms with Crippen LogP contribution < -0.4 is 37.2 Å². The SMILES string of the molecule is [C-]#[N+]c1c(Nc2ccccc2)nc(Nc2ccccc2)c(N=Nc2sc(N=Nc3cc(S(=O)(=O)O)c4cc(NC(C)=O)cc(S(=O)(=O)O)c4c3)c(-c3ccc(Nc4nc(O)nc(Nc5ccc(-c6c(N=Nc7cc(S(=O)(=O)O)c8cc(COC=N)cc(S(=O)(=O)O)c8c7)sc(N=Nc7c(Nc8ccc(S(=O)(=O)O)cc8)nc(Nc8ccc(S(=O)(=O)O)cc8)c(C#N)c7C)c6C#N)cc5)n4)cc3)c2[N+]#[C-])c1C. The van der Waals surface area contributed by atoms with Gasteiger partial charge in [0.2, 0.25) is 29.2 Å². The summed E-state index contributed by atoms with van der Waals surface area (Å²) >= 11 is 1.37. The number of nitrogens with zero attached hydrogens (tertiary/aromatic N) is 17. The van der Waals surface area contributed by atoms with Gasteiger partial charge in [-0.3, -0.25) is 37.5 Å². The monoisotopic (exact) mass is 2050 g/mol. The van der Waals surface area contributed by atoms with E-state index in [-0.39, 0.29) is 151 Å². The van der Waals surface area contributed by atoms with E-state index in [9.17, 15) is 98.2 Å². The van der Waals surface area contributed by atoms with Crippen molar-refractivity contribution in [2.45, 2.75) is 56.8 Å². The first kappa shape index (κ1) is 98.3. The average molecular weight is 2050 g/mol. The van der Waals surface area contributed by atoms with Crippen LogP contribution >= 0.6 is 22.7 Å². The van der Waals surface area contributed by atoms with Gasteiger partial charge in [0.25, 0.3) is 60.7 Å². The van der Waals surface area contributed by atoms with Crippen LogP contribution in [0, 0.1) is 55.1 Å². The number of hydrogen-bond donors (Lipinski definition) is 15. The van der Waals surface area contributed by atoms with E-state index in [1.54, 1.807) is 67.6 Å². The maximum Gasteiger partial charge on any atom is 0.320 e. The van der Waals surface area contributed by atoms with Gasteiger partial charge in [-0.15, -0.1) is 47.1 Å². The Hall–Kier alpha value is -17.2. The number of pyridine rings is 2. The number of rotatable bonds is 32. The van der Waals surface area contributed by atoms with E-state index >= 15 is 0 Å². The van der Waals surface area contributed by atoms with Crippen molar-refractivity contribution in [3.63, 3.8) is 0 Å². The molecule has 46 nitrogen and oxygen atoms in total. The van der Waals surface area contributed by atoms with E-state index in [1.165, 1.54) is 79.7 Å². The highest BCUT2D eigenvalue weighted by Crippen LogP contribution is 2.56. The lowest BCUT2D eigenvalue weighted by atomic mass is 10.0. The molecule has 0 unspecified atom stereocenters. The van der Waals surface area contributed by atoms with Gasteiger partial charge in [-0.05, 0) is 182 Å². The number of nitrogens with one attached hydrogen (secondary N) is 8. The van der Waals surface area contributed by atoms with Gasteiger partial charge in [-0.2, -0.15) is 81.1 Å². The molecular weight excluding hydrogens is 1990 g/mol. The molecule has 0 aliphatic carbocycles. The number of ether oxygens (including phenoxy) is 1. The molecule has 15 N–H and O–H groups in total. The minimum Gasteiger partial charge on any atom is -0.479 e. The zero-order chi connectivity index (χ0) is 101. The Morgan fingerprint density at radius 1 is 0.418 bits per heavy atom. The summed E-state index contributed by atoms with van der Waals surface area (Å²) in [5.74, 6) is -1.42. The molecule has 708 valence electrons. The molecule has 54 heteroatoms. The fourth-order valence-corrected chi connectivity index (χ4v) is 19.6. The van der Waals surface area contributed by atoms with Gasteiger partial charge in [0.05, 0.1) is 39.9 Å². The Labute approximate surface area is 806 Å². The van der Waals surface area contributed by atoms with Crippen LogP contribution in [0.4, 0.5) is 129 Å². The lowest BCUT2D eigenvalue weighted by Crippen LogP contribution is -2.09. The predicted octanol–water partition coefficient (Wildman–Crippen LogP) is 21.3. The molecule has 15 aromatic rings. The van der Waals surface area contributed by atoms with Gasteiger partial charge in [0.1, 0.15) is 76.1 Å². The summed E-state index contributed by atoms with van der Waals surface area (Å²) in [5.41, 5.74) is 0.374. The highest BCUT2D eigenvalue weighted by atomic mass is 32.2. The lowest BCUT2D eigenvalue weighted by Gasteiger charge is -2.16. The van der Waals surface area contributed by atoms with Gasteiger partial charge in [-0.25, -0.2) is 19.7 Å². The number of carbonyl (C=O) groups is 1. The molecule has 0 aliphatic heterocycles. The summed E-state index contributed by atoms with van der Waals surface area (Å²) in [7, 11) is -30.5. The maximum absolute atomic E-state index is 13.2. The molecule has 5 heterocycles. The first-order valence-electron chi connectivity index (χ1n) is 39.6. The zero-order valence-electron chi connectivity index (χ0n) is 71.6. The summed E-state index contributed by atoms with van der Waals surface area (Å²) in [5, 5.41) is 93.8. The number of anilines is 13. The molecule has 0 saturated heterocycles. The minimum absolute atomic E-state index is 0.0175. The number of aromatic nitrogens is 5. The summed E-state index contributed by atoms with van der Waals surface area (Å²) < 4.78 is 220. The van der Waals surface area contributed by atoms with Crippen LogP contribution in [0.3, 0.4) is 0 Å². The number of carbonyl (C=O) groups excluding carboxylic acids is 1. The third-order valence-corrected chi connectivity index (χ3v) is 27.3. The number of para-hydroxylation sites is 2. The van der Waals surface area contributed by atoms with Crippen molar-refractivity contribution in [3.8, 4) is 40.4 Å². The molecule has 0 bridgehead atoms. The second kappa shape index (κ2) is 39.8. The largest absolute Gasteiger partial charge is 0.479 e. The van der Waals surface area contributed by atoms with Crippen molar-refractivity contribution in [2.24, 2.45) is 40.9 Å². The van der Waals surface area contributed by atoms with Crippen molar-refractivity contribution < 1.29 is 92.5 Å². The van der Waals surface area contributed by atoms with E-state index in [1.807, 2.05) is 6.07 Å². The summed E-state index contributed by atoms with van der Waals surface area (Å²) in [6.07, 6.45) is 0.510. The molecule has 1 amide bonds. The number of amides is 1. The standard InChI is InChI=1S/C87H61N25O21S8/c1-44-65(40-88)77(94-52-24-28-59(29-25-52)136(115,116)117)100-79(97-53-26-30-60(31-27-53)137(118,119)120)74(44)107-109-81-66(41-89)71(82(134-81)110-105-57-35-63-61(69(38-57)140(127,128)129)32-47(42-133-43-90)33-67(63)138(121,122)123)48-16-20-54(21-17-48)98-85-102-86(104-87(114)103-85)99-55-22-18-49(19-23-55)72-76(92-5)84(112-108-75-45(2)73(91-4)78(95-50-12-8-6-9-13-50)101-80(75)96-51-14-10-7-11-15-51)135-83(72)111-106-58-36-64-62(70(39-58)141(130,131)132)34-56(93-46(3)113)37-68(64)139(124,125)126/h6-39,43,90H,42H2,1-3H3,(H,93,113)(H2,94,97,100)(H2,95,96,101)(H,115,116,117)(H,118,119,120)(H,121,122,123)(H,124,125,126)(H,127,128,129)(H,130,131,132)(H3,98,99,102,103,104,114). The van der Waals surface area contributed by atoms with Crippen LogP contribution in [-0.2, 0) is 76.8 Å². The predicted molar refractivity (Wildman–Crippen MR) is 518 cm³/mol. The van der Waals surface area contributed by atoms with Gasteiger partial charge in [0.15, 0.2) is 28.9 Å². The fourth-order valence-electron chi connectivity index (χ4n) is 13.9. The highest BCUT2D eigenvalue weighted by Gasteiger charge is 2.31. The topological polar surface area (TPSA) is 700 Å². The van der Waals surface area contributed by atoms with Crippen molar-refractivity contribution in [2.75, 3.05) is 37.2 Å². The van der Waals surface area contributed by atoms with Crippen molar-refractivity contribution >= 4 is 246 Å². The quantitative estimate of drug-likeness (QED) is 0.00612. The molecule has 10 aromatic carbocycles. The van der Waals surface area contributed by atoms with Crippen molar-refractivity contribution in [1.82, 2.24) is 24.9 Å². The number of benzene rings is 10. The van der Waals surface area contributed by atoms with E-state index in [0.29, 0.717) is 34.7 Å². The van der Waals surface area contributed by atoms with E-state index in [4.69, 9.17) is 28.3 Å². The van der Waals surface area contributed by atoms with Gasteiger partial charge < -0.3 is 47.1 Å². The smallest absolute Gasteiger partial charge is 0.320 e. The van der Waals surface area contributed by atoms with Crippen LogP contribution in [-0.4, -0.2) is 120 Å². The van der Waals surface area contributed by atoms with Crippen LogP contribution in [0.5, 0.6) is 6.01 Å². The van der Waals surface area contributed by atoms with Crippen LogP contribution in [0.2, 0.25) is 0 Å². The maximum atomic E-state index is 13.2. The molecule has 5 aromatic heterocycles. The van der Waals surface area contributed by atoms with Gasteiger partial charge >= 0.3 is 6.01 Å². The number of hydrogen-bond acceptors (Lipinski definition) is 39. The number of aromatic hydroxyl groups is 1. The molecule has 0 aliphatic rings. The molecule has 0 saturated carbocycles. The lowest BCUT2D eigenvalue weighted by molar-refractivity contribution is -0.114. The number of nitriles is 2. The fraction of sp³-hybridized carbons (Fsp3) is 0.0460. The highest BCUT2D eigenvalue weighted by molar-refractivity contribution is 7.87. The normalized spacial score (nSPS) is 12.0. The third kappa shape index (κ3) is 22.4. The Morgan fingerprint density at radius 2 is 0.809 bits per heavy atom. The molecule has 141 heavy (non-hydrogen) atoms.